The quantitative estimate of drug-likeness (QED) is 0.710. The summed E-state index contributed by atoms with van der Waals surface area (Å²) in [6, 6.07) is 9.51. The van der Waals surface area contributed by atoms with Gasteiger partial charge in [0.1, 0.15) is 0 Å². The van der Waals surface area contributed by atoms with Crippen molar-refractivity contribution < 1.29 is 9.59 Å². The number of nitrogens with two attached hydrogens (primary N) is 1. The van der Waals surface area contributed by atoms with Gasteiger partial charge in [-0.3, -0.25) is 9.59 Å². The molecule has 5 nitrogen and oxygen atoms in total. The van der Waals surface area contributed by atoms with E-state index in [1.165, 1.54) is 19.3 Å². The number of rotatable bonds is 7. The molecule has 5 heteroatoms. The van der Waals surface area contributed by atoms with Gasteiger partial charge in [0.15, 0.2) is 0 Å². The Morgan fingerprint density at radius 1 is 1.09 bits per heavy atom. The van der Waals surface area contributed by atoms with E-state index in [2.05, 4.69) is 10.6 Å². The SMILES string of the molecule is NCC(NC(=O)CNC(=O)Cc1ccccc1)C1CCCCC1. The van der Waals surface area contributed by atoms with Crippen molar-refractivity contribution in [1.82, 2.24) is 10.6 Å². The Morgan fingerprint density at radius 2 is 1.78 bits per heavy atom. The van der Waals surface area contributed by atoms with Crippen LogP contribution in [0.3, 0.4) is 0 Å². The second kappa shape index (κ2) is 9.30. The molecule has 126 valence electrons. The molecule has 2 rings (SSSR count). The van der Waals surface area contributed by atoms with E-state index in [1.807, 2.05) is 30.3 Å². The van der Waals surface area contributed by atoms with Crippen molar-refractivity contribution in [3.05, 3.63) is 35.9 Å². The van der Waals surface area contributed by atoms with Gasteiger partial charge in [-0.1, -0.05) is 49.6 Å². The van der Waals surface area contributed by atoms with Gasteiger partial charge >= 0.3 is 0 Å². The normalized spacial score (nSPS) is 16.6. The van der Waals surface area contributed by atoms with Crippen molar-refractivity contribution in [3.8, 4) is 0 Å². The van der Waals surface area contributed by atoms with Gasteiger partial charge in [0.2, 0.25) is 11.8 Å². The highest BCUT2D eigenvalue weighted by molar-refractivity contribution is 5.85. The largest absolute Gasteiger partial charge is 0.350 e. The summed E-state index contributed by atoms with van der Waals surface area (Å²) in [5.74, 6) is 0.165. The highest BCUT2D eigenvalue weighted by atomic mass is 16.2. The second-order valence-corrected chi connectivity index (χ2v) is 6.25. The van der Waals surface area contributed by atoms with E-state index < -0.39 is 0 Å². The summed E-state index contributed by atoms with van der Waals surface area (Å²) in [5.41, 5.74) is 6.75. The van der Waals surface area contributed by atoms with E-state index in [4.69, 9.17) is 5.73 Å². The van der Waals surface area contributed by atoms with Gasteiger partial charge in [-0.15, -0.1) is 0 Å². The van der Waals surface area contributed by atoms with Crippen molar-refractivity contribution in [3.63, 3.8) is 0 Å². The number of hydrogen-bond acceptors (Lipinski definition) is 3. The number of benzene rings is 1. The third-order valence-corrected chi connectivity index (χ3v) is 4.47. The molecule has 4 N–H and O–H groups in total. The molecule has 0 radical (unpaired) electrons. The molecule has 1 aliphatic carbocycles. The smallest absolute Gasteiger partial charge is 0.239 e. The van der Waals surface area contributed by atoms with Crippen LogP contribution in [-0.4, -0.2) is 30.9 Å². The first-order valence-corrected chi connectivity index (χ1v) is 8.49. The number of nitrogens with one attached hydrogen (secondary N) is 2. The van der Waals surface area contributed by atoms with Crippen LogP contribution in [0.15, 0.2) is 30.3 Å². The van der Waals surface area contributed by atoms with Gasteiger partial charge in [0.25, 0.3) is 0 Å². The van der Waals surface area contributed by atoms with Crippen molar-refractivity contribution in [2.75, 3.05) is 13.1 Å². The first-order valence-electron chi connectivity index (χ1n) is 8.49. The van der Waals surface area contributed by atoms with Crippen LogP contribution in [0.1, 0.15) is 37.7 Å². The average molecular weight is 317 g/mol. The molecular weight excluding hydrogens is 290 g/mol. The Kier molecular flexibility index (Phi) is 7.07. The zero-order valence-electron chi connectivity index (χ0n) is 13.6. The van der Waals surface area contributed by atoms with Crippen LogP contribution in [0.2, 0.25) is 0 Å². The summed E-state index contributed by atoms with van der Waals surface area (Å²) in [6.45, 7) is 0.462. The molecule has 1 fully saturated rings. The molecule has 0 aromatic heterocycles. The van der Waals surface area contributed by atoms with Crippen LogP contribution in [0.25, 0.3) is 0 Å². The predicted octanol–water partition coefficient (Wildman–Crippen LogP) is 1.37. The molecule has 1 aromatic carbocycles. The Labute approximate surface area is 138 Å². The highest BCUT2D eigenvalue weighted by Crippen LogP contribution is 2.26. The maximum absolute atomic E-state index is 12.0. The van der Waals surface area contributed by atoms with Gasteiger partial charge < -0.3 is 16.4 Å². The van der Waals surface area contributed by atoms with Gasteiger partial charge in [-0.05, 0) is 24.3 Å². The first kappa shape index (κ1) is 17.5. The minimum Gasteiger partial charge on any atom is -0.350 e. The Hall–Kier alpha value is -1.88. The molecular formula is C18H27N3O2. The van der Waals surface area contributed by atoms with Crippen LogP contribution in [0, 0.1) is 5.92 Å². The molecule has 2 amide bonds. The summed E-state index contributed by atoms with van der Waals surface area (Å²) < 4.78 is 0. The van der Waals surface area contributed by atoms with E-state index in [1.54, 1.807) is 0 Å². The Morgan fingerprint density at radius 3 is 2.43 bits per heavy atom. The molecule has 1 saturated carbocycles. The molecule has 0 heterocycles. The summed E-state index contributed by atoms with van der Waals surface area (Å²) in [6.07, 6.45) is 6.25. The molecule has 0 saturated heterocycles. The monoisotopic (exact) mass is 317 g/mol. The fraction of sp³-hybridized carbons (Fsp3) is 0.556. The lowest BCUT2D eigenvalue weighted by Gasteiger charge is -2.30. The molecule has 1 atom stereocenters. The fourth-order valence-electron chi connectivity index (χ4n) is 3.19. The number of carbonyl (C=O) groups excluding carboxylic acids is 2. The molecule has 1 unspecified atom stereocenters. The van der Waals surface area contributed by atoms with Crippen molar-refractivity contribution in [2.24, 2.45) is 11.7 Å². The van der Waals surface area contributed by atoms with Crippen LogP contribution >= 0.6 is 0 Å². The topological polar surface area (TPSA) is 84.2 Å². The van der Waals surface area contributed by atoms with Crippen LogP contribution in [0.4, 0.5) is 0 Å². The fourth-order valence-corrected chi connectivity index (χ4v) is 3.19. The zero-order chi connectivity index (χ0) is 16.5. The Bertz CT molecular complexity index is 498. The minimum atomic E-state index is -0.160. The summed E-state index contributed by atoms with van der Waals surface area (Å²) in [7, 11) is 0. The molecule has 23 heavy (non-hydrogen) atoms. The first-order chi connectivity index (χ1) is 11.2. The molecule has 1 aliphatic rings. The van der Waals surface area contributed by atoms with E-state index in [9.17, 15) is 9.59 Å². The van der Waals surface area contributed by atoms with Crippen molar-refractivity contribution in [1.29, 1.82) is 0 Å². The Balaban J connectivity index is 1.72. The average Bonchev–Trinajstić information content (AvgIpc) is 2.59. The second-order valence-electron chi connectivity index (χ2n) is 6.25. The van der Waals surface area contributed by atoms with Crippen LogP contribution in [-0.2, 0) is 16.0 Å². The standard InChI is InChI=1S/C18H27N3O2/c19-12-16(15-9-5-2-6-10-15)21-18(23)13-20-17(22)11-14-7-3-1-4-8-14/h1,3-4,7-8,15-16H,2,5-6,9-13,19H2,(H,20,22)(H,21,23). The number of carbonyl (C=O) groups is 2. The molecule has 0 aliphatic heterocycles. The third kappa shape index (κ3) is 6.02. The van der Waals surface area contributed by atoms with Gasteiger partial charge in [-0.25, -0.2) is 0 Å². The van der Waals surface area contributed by atoms with E-state index in [0.29, 0.717) is 12.5 Å². The maximum atomic E-state index is 12.0. The molecule has 0 spiro atoms. The molecule has 0 bridgehead atoms. The van der Waals surface area contributed by atoms with E-state index >= 15 is 0 Å². The van der Waals surface area contributed by atoms with Crippen molar-refractivity contribution in [2.45, 2.75) is 44.6 Å². The summed E-state index contributed by atoms with van der Waals surface area (Å²) in [4.78, 5) is 23.9. The number of amides is 2. The lowest BCUT2D eigenvalue weighted by atomic mass is 9.84. The lowest BCUT2D eigenvalue weighted by Crippen LogP contribution is -2.49. The highest BCUT2D eigenvalue weighted by Gasteiger charge is 2.23. The van der Waals surface area contributed by atoms with Crippen molar-refractivity contribution >= 4 is 11.8 Å². The summed E-state index contributed by atoms with van der Waals surface area (Å²) >= 11 is 0. The van der Waals surface area contributed by atoms with E-state index in [0.717, 1.165) is 18.4 Å². The van der Waals surface area contributed by atoms with Crippen LogP contribution in [0.5, 0.6) is 0 Å². The minimum absolute atomic E-state index is 0.00882. The van der Waals surface area contributed by atoms with Gasteiger partial charge in [-0.2, -0.15) is 0 Å². The maximum Gasteiger partial charge on any atom is 0.239 e. The van der Waals surface area contributed by atoms with Gasteiger partial charge in [0, 0.05) is 12.6 Å². The summed E-state index contributed by atoms with van der Waals surface area (Å²) in [5, 5.41) is 5.65. The zero-order valence-corrected chi connectivity index (χ0v) is 13.6. The predicted molar refractivity (Wildman–Crippen MR) is 90.7 cm³/mol. The molecule has 1 aromatic rings. The lowest BCUT2D eigenvalue weighted by molar-refractivity contribution is -0.126. The number of hydrogen-bond donors (Lipinski definition) is 3. The van der Waals surface area contributed by atoms with E-state index in [-0.39, 0.29) is 30.8 Å². The van der Waals surface area contributed by atoms with Crippen LogP contribution < -0.4 is 16.4 Å². The van der Waals surface area contributed by atoms with Gasteiger partial charge in [0.05, 0.1) is 13.0 Å². The third-order valence-electron chi connectivity index (χ3n) is 4.47.